The molecule has 0 saturated heterocycles. The van der Waals surface area contributed by atoms with Crippen molar-refractivity contribution in [3.05, 3.63) is 90.5 Å². The zero-order valence-corrected chi connectivity index (χ0v) is 17.6. The number of pyridine rings is 1. The predicted molar refractivity (Wildman–Crippen MR) is 127 cm³/mol. The molecule has 3 nitrogen and oxygen atoms in total. The van der Waals surface area contributed by atoms with Crippen LogP contribution in [0.4, 0.5) is 0 Å². The molecule has 3 aromatic carbocycles. The van der Waals surface area contributed by atoms with Gasteiger partial charge in [0.25, 0.3) is 5.91 Å². The van der Waals surface area contributed by atoms with E-state index in [-0.39, 0.29) is 11.9 Å². The van der Waals surface area contributed by atoms with Gasteiger partial charge in [0, 0.05) is 17.0 Å². The maximum absolute atomic E-state index is 13.2. The van der Waals surface area contributed by atoms with Crippen LogP contribution in [0.15, 0.2) is 84.9 Å². The highest BCUT2D eigenvalue weighted by Crippen LogP contribution is 2.28. The fraction of sp³-hybridized carbons (Fsp3) is 0.214. The lowest BCUT2D eigenvalue weighted by Gasteiger charge is -2.23. The van der Waals surface area contributed by atoms with Gasteiger partial charge in [-0.25, -0.2) is 4.98 Å². The van der Waals surface area contributed by atoms with Crippen LogP contribution in [0, 0.1) is 0 Å². The molecule has 1 saturated carbocycles. The number of nitrogens with zero attached hydrogens (tertiary/aromatic N) is 1. The van der Waals surface area contributed by atoms with E-state index in [9.17, 15) is 4.79 Å². The molecule has 0 unspecified atom stereocenters. The van der Waals surface area contributed by atoms with E-state index in [1.807, 2.05) is 48.5 Å². The summed E-state index contributed by atoms with van der Waals surface area (Å²) in [5.74, 6) is 0.00709. The molecule has 1 fully saturated rings. The summed E-state index contributed by atoms with van der Waals surface area (Å²) < 4.78 is 0. The molecule has 1 amide bonds. The van der Waals surface area contributed by atoms with Gasteiger partial charge in [0.1, 0.15) is 0 Å². The lowest BCUT2D eigenvalue weighted by molar-refractivity contribution is 0.0929. The third-order valence-corrected chi connectivity index (χ3v) is 6.19. The molecule has 4 aromatic rings. The van der Waals surface area contributed by atoms with Crippen LogP contribution in [0.1, 0.15) is 42.5 Å². The molecule has 0 aliphatic heterocycles. The summed E-state index contributed by atoms with van der Waals surface area (Å²) in [4.78, 5) is 18.1. The van der Waals surface area contributed by atoms with E-state index in [0.717, 1.165) is 35.0 Å². The number of para-hydroxylation sites is 1. The molecule has 0 bridgehead atoms. The summed E-state index contributed by atoms with van der Waals surface area (Å²) in [6, 6.07) is 28.9. The SMILES string of the molecule is O=C(NC1CCCCC1)c1cc(-c2ccc(-c3ccccc3)cc2)nc2ccccc12. The molecule has 31 heavy (non-hydrogen) atoms. The van der Waals surface area contributed by atoms with E-state index in [1.165, 1.54) is 30.4 Å². The minimum absolute atomic E-state index is 0.00709. The van der Waals surface area contributed by atoms with Crippen LogP contribution in [-0.4, -0.2) is 16.9 Å². The molecule has 154 valence electrons. The van der Waals surface area contributed by atoms with Gasteiger partial charge in [0.05, 0.1) is 16.8 Å². The smallest absolute Gasteiger partial charge is 0.252 e. The fourth-order valence-corrected chi connectivity index (χ4v) is 4.49. The largest absolute Gasteiger partial charge is 0.349 e. The van der Waals surface area contributed by atoms with Crippen molar-refractivity contribution in [3.63, 3.8) is 0 Å². The number of carbonyl (C=O) groups excluding carboxylic acids is 1. The number of carbonyl (C=O) groups is 1. The van der Waals surface area contributed by atoms with Gasteiger partial charge in [-0.1, -0.05) is 92.1 Å². The Bertz CT molecular complexity index is 1190. The first kappa shape index (κ1) is 19.5. The highest BCUT2D eigenvalue weighted by molar-refractivity contribution is 6.07. The maximum Gasteiger partial charge on any atom is 0.252 e. The van der Waals surface area contributed by atoms with Crippen molar-refractivity contribution in [2.75, 3.05) is 0 Å². The van der Waals surface area contributed by atoms with Crippen molar-refractivity contribution >= 4 is 16.8 Å². The van der Waals surface area contributed by atoms with Crippen molar-refractivity contribution in [2.45, 2.75) is 38.1 Å². The van der Waals surface area contributed by atoms with E-state index in [0.29, 0.717) is 5.56 Å². The summed E-state index contributed by atoms with van der Waals surface area (Å²) in [6.45, 7) is 0. The Labute approximate surface area is 183 Å². The number of nitrogens with one attached hydrogen (secondary N) is 1. The zero-order chi connectivity index (χ0) is 21.0. The van der Waals surface area contributed by atoms with Gasteiger partial charge < -0.3 is 5.32 Å². The molecule has 1 aliphatic rings. The molecule has 0 radical (unpaired) electrons. The van der Waals surface area contributed by atoms with Gasteiger partial charge in [-0.05, 0) is 36.1 Å². The Morgan fingerprint density at radius 2 is 1.39 bits per heavy atom. The third-order valence-electron chi connectivity index (χ3n) is 6.19. The first-order chi connectivity index (χ1) is 15.3. The number of hydrogen-bond acceptors (Lipinski definition) is 2. The number of amides is 1. The zero-order valence-electron chi connectivity index (χ0n) is 17.6. The van der Waals surface area contributed by atoms with E-state index in [1.54, 1.807) is 0 Å². The number of aromatic nitrogens is 1. The summed E-state index contributed by atoms with van der Waals surface area (Å²) in [6.07, 6.45) is 5.81. The van der Waals surface area contributed by atoms with Gasteiger partial charge in [-0.3, -0.25) is 4.79 Å². The van der Waals surface area contributed by atoms with Crippen molar-refractivity contribution in [2.24, 2.45) is 0 Å². The Kier molecular flexibility index (Phi) is 5.49. The van der Waals surface area contributed by atoms with Crippen LogP contribution in [0.25, 0.3) is 33.3 Å². The number of hydrogen-bond donors (Lipinski definition) is 1. The minimum Gasteiger partial charge on any atom is -0.349 e. The average Bonchev–Trinajstić information content (AvgIpc) is 2.84. The standard InChI is InChI=1S/C28H26N2O/c31-28(29-23-11-5-2-6-12-23)25-19-27(30-26-14-8-7-13-24(25)26)22-17-15-21(16-18-22)20-9-3-1-4-10-20/h1,3-4,7-10,13-19,23H,2,5-6,11-12H2,(H,29,31). The minimum atomic E-state index is 0.00709. The van der Waals surface area contributed by atoms with E-state index >= 15 is 0 Å². The number of benzene rings is 3. The van der Waals surface area contributed by atoms with Gasteiger partial charge in [0.15, 0.2) is 0 Å². The van der Waals surface area contributed by atoms with Crippen LogP contribution in [0.2, 0.25) is 0 Å². The fourth-order valence-electron chi connectivity index (χ4n) is 4.49. The number of fused-ring (bicyclic) bond motifs is 1. The Hall–Kier alpha value is -3.46. The van der Waals surface area contributed by atoms with Crippen molar-refractivity contribution in [1.29, 1.82) is 0 Å². The van der Waals surface area contributed by atoms with Crippen molar-refractivity contribution in [1.82, 2.24) is 10.3 Å². The van der Waals surface area contributed by atoms with E-state index in [2.05, 4.69) is 41.7 Å². The Balaban J connectivity index is 1.50. The second kappa shape index (κ2) is 8.73. The summed E-state index contributed by atoms with van der Waals surface area (Å²) >= 11 is 0. The molecular formula is C28H26N2O. The maximum atomic E-state index is 13.2. The summed E-state index contributed by atoms with van der Waals surface area (Å²) in [5.41, 5.74) is 5.75. The van der Waals surface area contributed by atoms with Crippen LogP contribution in [0.5, 0.6) is 0 Å². The summed E-state index contributed by atoms with van der Waals surface area (Å²) in [7, 11) is 0. The van der Waals surface area contributed by atoms with Gasteiger partial charge in [-0.15, -0.1) is 0 Å². The first-order valence-electron chi connectivity index (χ1n) is 11.1. The Morgan fingerprint density at radius 3 is 2.16 bits per heavy atom. The topological polar surface area (TPSA) is 42.0 Å². The molecule has 1 aromatic heterocycles. The molecule has 0 atom stereocenters. The van der Waals surface area contributed by atoms with Gasteiger partial charge in [-0.2, -0.15) is 0 Å². The van der Waals surface area contributed by atoms with E-state index < -0.39 is 0 Å². The monoisotopic (exact) mass is 406 g/mol. The van der Waals surface area contributed by atoms with Crippen LogP contribution < -0.4 is 5.32 Å². The predicted octanol–water partition coefficient (Wildman–Crippen LogP) is 6.63. The lowest BCUT2D eigenvalue weighted by Crippen LogP contribution is -2.36. The molecule has 0 spiro atoms. The molecule has 1 N–H and O–H groups in total. The van der Waals surface area contributed by atoms with Crippen LogP contribution in [-0.2, 0) is 0 Å². The van der Waals surface area contributed by atoms with Crippen molar-refractivity contribution < 1.29 is 4.79 Å². The molecule has 3 heteroatoms. The molecule has 1 heterocycles. The Morgan fingerprint density at radius 1 is 0.742 bits per heavy atom. The number of rotatable bonds is 4. The molecular weight excluding hydrogens is 380 g/mol. The average molecular weight is 407 g/mol. The van der Waals surface area contributed by atoms with Gasteiger partial charge in [0.2, 0.25) is 0 Å². The molecule has 5 rings (SSSR count). The van der Waals surface area contributed by atoms with E-state index in [4.69, 9.17) is 4.98 Å². The second-order valence-electron chi connectivity index (χ2n) is 8.32. The van der Waals surface area contributed by atoms with Gasteiger partial charge >= 0.3 is 0 Å². The third kappa shape index (κ3) is 4.22. The molecule has 1 aliphatic carbocycles. The quantitative estimate of drug-likeness (QED) is 0.413. The normalized spacial score (nSPS) is 14.5. The second-order valence-corrected chi connectivity index (χ2v) is 8.32. The summed E-state index contributed by atoms with van der Waals surface area (Å²) in [5, 5.41) is 4.17. The first-order valence-corrected chi connectivity index (χ1v) is 11.1. The van der Waals surface area contributed by atoms with Crippen LogP contribution >= 0.6 is 0 Å². The van der Waals surface area contributed by atoms with Crippen LogP contribution in [0.3, 0.4) is 0 Å². The highest BCUT2D eigenvalue weighted by Gasteiger charge is 2.19. The highest BCUT2D eigenvalue weighted by atomic mass is 16.1. The van der Waals surface area contributed by atoms with Crippen molar-refractivity contribution in [3.8, 4) is 22.4 Å². The lowest BCUT2D eigenvalue weighted by atomic mass is 9.95.